The molecular formula is C21H24F2N2O3S. The summed E-state index contributed by atoms with van der Waals surface area (Å²) in [5.41, 5.74) is 3.07. The van der Waals surface area contributed by atoms with Gasteiger partial charge in [-0.2, -0.15) is 20.5 Å². The van der Waals surface area contributed by atoms with Crippen LogP contribution >= 0.6 is 11.8 Å². The fourth-order valence-corrected chi connectivity index (χ4v) is 3.42. The zero-order chi connectivity index (χ0) is 21.2. The number of para-hydroxylation sites is 3. The van der Waals surface area contributed by atoms with Gasteiger partial charge in [0.1, 0.15) is 5.75 Å². The van der Waals surface area contributed by atoms with Crippen LogP contribution in [0.2, 0.25) is 0 Å². The van der Waals surface area contributed by atoms with Gasteiger partial charge in [-0.15, -0.1) is 0 Å². The third kappa shape index (κ3) is 7.73. The van der Waals surface area contributed by atoms with Gasteiger partial charge in [0.2, 0.25) is 11.8 Å². The van der Waals surface area contributed by atoms with E-state index in [0.717, 1.165) is 16.8 Å². The SMILES string of the molecule is Cc1cccc(C)c1NC(=O)CCCSCC(=O)Nc1ccccc1OC(F)F. The quantitative estimate of drug-likeness (QED) is 0.529. The number of amides is 2. The van der Waals surface area contributed by atoms with Crippen molar-refractivity contribution in [3.63, 3.8) is 0 Å². The fraction of sp³-hybridized carbons (Fsp3) is 0.333. The Balaban J connectivity index is 1.69. The number of halogens is 2. The van der Waals surface area contributed by atoms with E-state index in [4.69, 9.17) is 0 Å². The number of thioether (sulfide) groups is 1. The number of alkyl halides is 2. The minimum Gasteiger partial charge on any atom is -0.433 e. The van der Waals surface area contributed by atoms with Gasteiger partial charge in [-0.05, 0) is 49.3 Å². The Morgan fingerprint density at radius 2 is 1.69 bits per heavy atom. The molecule has 0 radical (unpaired) electrons. The number of rotatable bonds is 10. The van der Waals surface area contributed by atoms with Crippen LogP contribution in [0.15, 0.2) is 42.5 Å². The summed E-state index contributed by atoms with van der Waals surface area (Å²) in [4.78, 5) is 24.1. The number of benzene rings is 2. The molecule has 2 rings (SSSR count). The molecule has 0 bridgehead atoms. The van der Waals surface area contributed by atoms with Crippen LogP contribution in [0.1, 0.15) is 24.0 Å². The van der Waals surface area contributed by atoms with Crippen LogP contribution in [0.25, 0.3) is 0 Å². The molecule has 29 heavy (non-hydrogen) atoms. The van der Waals surface area contributed by atoms with Crippen molar-refractivity contribution in [2.24, 2.45) is 0 Å². The van der Waals surface area contributed by atoms with Gasteiger partial charge in [-0.3, -0.25) is 9.59 Å². The molecule has 0 unspecified atom stereocenters. The monoisotopic (exact) mass is 422 g/mol. The number of hydrogen-bond acceptors (Lipinski definition) is 4. The van der Waals surface area contributed by atoms with Crippen LogP contribution in [-0.2, 0) is 9.59 Å². The van der Waals surface area contributed by atoms with Crippen LogP contribution in [0, 0.1) is 13.8 Å². The Morgan fingerprint density at radius 1 is 1.00 bits per heavy atom. The Hall–Kier alpha value is -2.61. The van der Waals surface area contributed by atoms with Gasteiger partial charge in [-0.25, -0.2) is 0 Å². The molecule has 0 fully saturated rings. The summed E-state index contributed by atoms with van der Waals surface area (Å²) in [6.07, 6.45) is 0.979. The summed E-state index contributed by atoms with van der Waals surface area (Å²) in [5, 5.41) is 5.49. The maximum absolute atomic E-state index is 12.4. The minimum absolute atomic E-state index is 0.0643. The Labute approximate surface area is 173 Å². The summed E-state index contributed by atoms with van der Waals surface area (Å²) in [6.45, 7) is 0.931. The molecule has 5 nitrogen and oxygen atoms in total. The number of carbonyl (C=O) groups excluding carboxylic acids is 2. The van der Waals surface area contributed by atoms with Crippen molar-refractivity contribution in [1.29, 1.82) is 0 Å². The van der Waals surface area contributed by atoms with Crippen molar-refractivity contribution < 1.29 is 23.1 Å². The number of anilines is 2. The number of nitrogens with one attached hydrogen (secondary N) is 2. The molecule has 2 aromatic rings. The van der Waals surface area contributed by atoms with E-state index in [1.54, 1.807) is 12.1 Å². The van der Waals surface area contributed by atoms with E-state index in [1.165, 1.54) is 23.9 Å². The van der Waals surface area contributed by atoms with Crippen molar-refractivity contribution in [3.05, 3.63) is 53.6 Å². The molecule has 0 aromatic heterocycles. The van der Waals surface area contributed by atoms with E-state index >= 15 is 0 Å². The Morgan fingerprint density at radius 3 is 2.38 bits per heavy atom. The summed E-state index contributed by atoms with van der Waals surface area (Å²) in [7, 11) is 0. The van der Waals surface area contributed by atoms with E-state index in [9.17, 15) is 18.4 Å². The van der Waals surface area contributed by atoms with Gasteiger partial charge in [0.05, 0.1) is 11.4 Å². The van der Waals surface area contributed by atoms with Crippen molar-refractivity contribution in [2.45, 2.75) is 33.3 Å². The van der Waals surface area contributed by atoms with Crippen LogP contribution in [-0.4, -0.2) is 29.9 Å². The van der Waals surface area contributed by atoms with Gasteiger partial charge in [-0.1, -0.05) is 30.3 Å². The lowest BCUT2D eigenvalue weighted by Crippen LogP contribution is -2.16. The molecule has 2 aromatic carbocycles. The van der Waals surface area contributed by atoms with Crippen LogP contribution < -0.4 is 15.4 Å². The highest BCUT2D eigenvalue weighted by Crippen LogP contribution is 2.25. The standard InChI is InChI=1S/C21H24F2N2O3S/c1-14-7-5-8-15(2)20(14)25-18(26)11-6-12-29-13-19(27)24-16-9-3-4-10-17(16)28-21(22)23/h3-5,7-10,21H,6,11-13H2,1-2H3,(H,24,27)(H,25,26). The first-order chi connectivity index (χ1) is 13.9. The summed E-state index contributed by atoms with van der Waals surface area (Å²) < 4.78 is 29.2. The van der Waals surface area contributed by atoms with E-state index in [2.05, 4.69) is 15.4 Å². The average Bonchev–Trinajstić information content (AvgIpc) is 2.66. The highest BCUT2D eigenvalue weighted by Gasteiger charge is 2.12. The first-order valence-corrected chi connectivity index (χ1v) is 10.3. The van der Waals surface area contributed by atoms with E-state index in [-0.39, 0.29) is 29.0 Å². The third-order valence-electron chi connectivity index (χ3n) is 4.05. The number of carbonyl (C=O) groups is 2. The smallest absolute Gasteiger partial charge is 0.387 e. The molecule has 0 heterocycles. The van der Waals surface area contributed by atoms with Gasteiger partial charge < -0.3 is 15.4 Å². The van der Waals surface area contributed by atoms with Crippen molar-refractivity contribution >= 4 is 35.0 Å². The van der Waals surface area contributed by atoms with Crippen molar-refractivity contribution in [2.75, 3.05) is 22.1 Å². The predicted molar refractivity (Wildman–Crippen MR) is 113 cm³/mol. The highest BCUT2D eigenvalue weighted by atomic mass is 32.2. The van der Waals surface area contributed by atoms with Crippen LogP contribution in [0.5, 0.6) is 5.75 Å². The summed E-state index contributed by atoms with van der Waals surface area (Å²) in [5.74, 6) is 0.319. The Bertz CT molecular complexity index is 826. The van der Waals surface area contributed by atoms with Crippen molar-refractivity contribution in [3.8, 4) is 5.75 Å². The first-order valence-electron chi connectivity index (χ1n) is 9.14. The second-order valence-corrected chi connectivity index (χ2v) is 7.50. The van der Waals surface area contributed by atoms with Crippen LogP contribution in [0.4, 0.5) is 20.2 Å². The first kappa shape index (κ1) is 22.7. The highest BCUT2D eigenvalue weighted by molar-refractivity contribution is 7.99. The minimum atomic E-state index is -2.96. The lowest BCUT2D eigenvalue weighted by Gasteiger charge is -2.12. The molecule has 2 amide bonds. The molecule has 0 aliphatic carbocycles. The molecule has 156 valence electrons. The second-order valence-electron chi connectivity index (χ2n) is 6.39. The number of aryl methyl sites for hydroxylation is 2. The molecule has 2 N–H and O–H groups in total. The van der Waals surface area contributed by atoms with E-state index in [0.29, 0.717) is 18.6 Å². The normalized spacial score (nSPS) is 10.7. The maximum Gasteiger partial charge on any atom is 0.387 e. The van der Waals surface area contributed by atoms with Crippen LogP contribution in [0.3, 0.4) is 0 Å². The topological polar surface area (TPSA) is 67.4 Å². The zero-order valence-corrected chi connectivity index (χ0v) is 17.2. The molecular weight excluding hydrogens is 398 g/mol. The largest absolute Gasteiger partial charge is 0.433 e. The molecule has 0 saturated heterocycles. The number of ether oxygens (including phenoxy) is 1. The molecule has 0 saturated carbocycles. The zero-order valence-electron chi connectivity index (χ0n) is 16.3. The molecule has 0 spiro atoms. The van der Waals surface area contributed by atoms with Gasteiger partial charge in [0.25, 0.3) is 0 Å². The number of hydrogen-bond donors (Lipinski definition) is 2. The maximum atomic E-state index is 12.4. The summed E-state index contributed by atoms with van der Waals surface area (Å²) in [6, 6.07) is 11.9. The van der Waals surface area contributed by atoms with E-state index < -0.39 is 6.61 Å². The second kappa shape index (κ2) is 11.4. The predicted octanol–water partition coefficient (Wildman–Crippen LogP) is 5.00. The summed E-state index contributed by atoms with van der Waals surface area (Å²) >= 11 is 1.37. The lowest BCUT2D eigenvalue weighted by atomic mass is 10.1. The van der Waals surface area contributed by atoms with Gasteiger partial charge in [0.15, 0.2) is 0 Å². The van der Waals surface area contributed by atoms with Gasteiger partial charge in [0, 0.05) is 12.1 Å². The molecule has 0 aliphatic heterocycles. The van der Waals surface area contributed by atoms with E-state index in [1.807, 2.05) is 32.0 Å². The Kier molecular flexibility index (Phi) is 8.92. The lowest BCUT2D eigenvalue weighted by molar-refractivity contribution is -0.116. The molecule has 0 atom stereocenters. The average molecular weight is 422 g/mol. The molecule has 0 aliphatic rings. The van der Waals surface area contributed by atoms with Gasteiger partial charge >= 0.3 is 6.61 Å². The third-order valence-corrected chi connectivity index (χ3v) is 5.09. The van der Waals surface area contributed by atoms with Crippen molar-refractivity contribution in [1.82, 2.24) is 0 Å². The molecule has 8 heteroatoms. The fourth-order valence-electron chi connectivity index (χ4n) is 2.67.